The van der Waals surface area contributed by atoms with Crippen LogP contribution in [0.5, 0.6) is 0 Å². The van der Waals surface area contributed by atoms with Gasteiger partial charge in [0.15, 0.2) is 0 Å². The number of rotatable bonds is 0. The molecule has 2 heteroatoms. The van der Waals surface area contributed by atoms with Gasteiger partial charge in [0.05, 0.1) is 5.71 Å². The summed E-state index contributed by atoms with van der Waals surface area (Å²) in [6.45, 7) is 5.17. The van der Waals surface area contributed by atoms with Crippen LogP contribution in [0.25, 0.3) is 0 Å². The molecule has 4 rings (SSSR count). The number of fused-ring (bicyclic) bond motifs is 5. The van der Waals surface area contributed by atoms with Gasteiger partial charge in [-0.05, 0) is 92.3 Å². The lowest BCUT2D eigenvalue weighted by atomic mass is 9.45. The number of hydrogen-bond donors (Lipinski definition) is 1. The molecule has 0 bridgehead atoms. The zero-order chi connectivity index (χ0) is 14.7. The lowest BCUT2D eigenvalue weighted by Crippen LogP contribution is -2.52. The van der Waals surface area contributed by atoms with Gasteiger partial charge in [0.25, 0.3) is 0 Å². The molecule has 0 amide bonds. The highest BCUT2D eigenvalue weighted by Crippen LogP contribution is 2.65. The van der Waals surface area contributed by atoms with Gasteiger partial charge >= 0.3 is 0 Å². The van der Waals surface area contributed by atoms with E-state index in [4.69, 9.17) is 5.21 Å². The Bertz CT molecular complexity index is 458. The minimum absolute atomic E-state index is 0.529. The second-order valence-electron chi connectivity index (χ2n) is 9.11. The molecule has 4 saturated carbocycles. The molecule has 0 heterocycles. The second-order valence-corrected chi connectivity index (χ2v) is 9.11. The van der Waals surface area contributed by atoms with E-state index in [1.807, 2.05) is 0 Å². The lowest BCUT2D eigenvalue weighted by molar-refractivity contribution is -0.0921. The van der Waals surface area contributed by atoms with E-state index in [0.29, 0.717) is 10.8 Å². The van der Waals surface area contributed by atoms with Gasteiger partial charge in [0.1, 0.15) is 0 Å². The molecule has 21 heavy (non-hydrogen) atoms. The summed E-state index contributed by atoms with van der Waals surface area (Å²) in [6.07, 6.45) is 13.6. The van der Waals surface area contributed by atoms with Crippen LogP contribution < -0.4 is 0 Å². The molecule has 4 fully saturated rings. The van der Waals surface area contributed by atoms with Gasteiger partial charge in [0, 0.05) is 0 Å². The first-order valence-electron chi connectivity index (χ1n) is 9.27. The highest BCUT2D eigenvalue weighted by molar-refractivity contribution is 5.85. The first kappa shape index (κ1) is 14.1. The zero-order valence-electron chi connectivity index (χ0n) is 13.8. The maximum Gasteiger partial charge on any atom is 0.0574 e. The third-order valence-electron chi connectivity index (χ3n) is 8.42. The average Bonchev–Trinajstić information content (AvgIpc) is 2.88. The maximum atomic E-state index is 9.14. The van der Waals surface area contributed by atoms with Crippen molar-refractivity contribution in [1.29, 1.82) is 0 Å². The van der Waals surface area contributed by atoms with Gasteiger partial charge in [-0.3, -0.25) is 0 Å². The number of nitrogens with zero attached hydrogens (tertiary/aromatic N) is 1. The van der Waals surface area contributed by atoms with E-state index in [2.05, 4.69) is 19.0 Å². The zero-order valence-corrected chi connectivity index (χ0v) is 13.8. The van der Waals surface area contributed by atoms with E-state index in [9.17, 15) is 0 Å². The summed E-state index contributed by atoms with van der Waals surface area (Å²) in [5.74, 6) is 3.75. The van der Waals surface area contributed by atoms with Crippen LogP contribution in [0.1, 0.15) is 78.1 Å². The van der Waals surface area contributed by atoms with Gasteiger partial charge in [-0.2, -0.15) is 0 Å². The molecular weight excluding hydrogens is 258 g/mol. The largest absolute Gasteiger partial charge is 0.411 e. The fourth-order valence-corrected chi connectivity index (χ4v) is 7.14. The van der Waals surface area contributed by atoms with Gasteiger partial charge in [-0.15, -0.1) is 0 Å². The topological polar surface area (TPSA) is 32.6 Å². The highest BCUT2D eigenvalue weighted by atomic mass is 16.4. The maximum absolute atomic E-state index is 9.14. The molecule has 0 aromatic rings. The molecule has 0 aromatic heterocycles. The molecule has 0 aromatic carbocycles. The van der Waals surface area contributed by atoms with E-state index < -0.39 is 0 Å². The Balaban J connectivity index is 1.61. The van der Waals surface area contributed by atoms with Crippen molar-refractivity contribution in [2.24, 2.45) is 39.7 Å². The first-order valence-corrected chi connectivity index (χ1v) is 9.27. The molecule has 6 atom stereocenters. The average molecular weight is 289 g/mol. The van der Waals surface area contributed by atoms with Crippen molar-refractivity contribution in [1.82, 2.24) is 0 Å². The quantitative estimate of drug-likeness (QED) is 0.479. The smallest absolute Gasteiger partial charge is 0.0574 e. The predicted octanol–water partition coefficient (Wildman–Crippen LogP) is 5.25. The monoisotopic (exact) mass is 289 g/mol. The van der Waals surface area contributed by atoms with Crippen LogP contribution in [0, 0.1) is 34.5 Å². The van der Waals surface area contributed by atoms with Crippen LogP contribution in [0.3, 0.4) is 0 Å². The Kier molecular flexibility index (Phi) is 3.17. The minimum atomic E-state index is 0.529. The summed E-state index contributed by atoms with van der Waals surface area (Å²) in [4.78, 5) is 0. The molecule has 0 unspecified atom stereocenters. The van der Waals surface area contributed by atoms with Crippen LogP contribution in [0.2, 0.25) is 0 Å². The Morgan fingerprint density at radius 2 is 1.86 bits per heavy atom. The van der Waals surface area contributed by atoms with Gasteiger partial charge < -0.3 is 5.21 Å². The molecule has 0 saturated heterocycles. The standard InChI is InChI=1S/C19H31NO/c1-18-9-3-4-16(18)15-6-5-13-12-14(20-21)7-11-19(13,2)17(15)8-10-18/h13,15-17,21H,3-12H2,1-2H3/b20-14-/t13-,15-,16+,17+,18+,19+/m0/s1. The Morgan fingerprint density at radius 1 is 1.00 bits per heavy atom. The van der Waals surface area contributed by atoms with Crippen molar-refractivity contribution in [3.63, 3.8) is 0 Å². The lowest BCUT2D eigenvalue weighted by Gasteiger charge is -2.60. The summed E-state index contributed by atoms with van der Waals surface area (Å²) in [5, 5.41) is 12.7. The first-order chi connectivity index (χ1) is 10.1. The van der Waals surface area contributed by atoms with Crippen molar-refractivity contribution in [3.05, 3.63) is 0 Å². The molecule has 0 radical (unpaired) electrons. The Hall–Kier alpha value is -0.530. The van der Waals surface area contributed by atoms with E-state index in [1.54, 1.807) is 0 Å². The number of hydrogen-bond acceptors (Lipinski definition) is 2. The van der Waals surface area contributed by atoms with Crippen molar-refractivity contribution in [2.45, 2.75) is 78.1 Å². The third kappa shape index (κ3) is 1.93. The van der Waals surface area contributed by atoms with Crippen molar-refractivity contribution in [2.75, 3.05) is 0 Å². The fraction of sp³-hybridized carbons (Fsp3) is 0.947. The molecule has 2 nitrogen and oxygen atoms in total. The van der Waals surface area contributed by atoms with E-state index in [-0.39, 0.29) is 0 Å². The van der Waals surface area contributed by atoms with Crippen molar-refractivity contribution < 1.29 is 5.21 Å². The van der Waals surface area contributed by atoms with E-state index >= 15 is 0 Å². The van der Waals surface area contributed by atoms with Crippen LogP contribution in [-0.4, -0.2) is 10.9 Å². The Labute approximate surface area is 129 Å². The van der Waals surface area contributed by atoms with Crippen LogP contribution in [0.4, 0.5) is 0 Å². The number of oxime groups is 1. The van der Waals surface area contributed by atoms with Gasteiger partial charge in [0.2, 0.25) is 0 Å². The predicted molar refractivity (Wildman–Crippen MR) is 85.6 cm³/mol. The molecular formula is C19H31NO. The molecule has 0 spiro atoms. The SMILES string of the molecule is C[C@]12CCC[C@@H]1[C@@H]1CC[C@H]3C/C(=N\O)CC[C@@]3(C)[C@@H]1CC2. The molecule has 4 aliphatic rings. The summed E-state index contributed by atoms with van der Waals surface area (Å²) >= 11 is 0. The molecule has 1 N–H and O–H groups in total. The van der Waals surface area contributed by atoms with Crippen LogP contribution in [-0.2, 0) is 0 Å². The second kappa shape index (κ2) is 4.73. The summed E-state index contributed by atoms with van der Waals surface area (Å²) in [6, 6.07) is 0. The summed E-state index contributed by atoms with van der Waals surface area (Å²) < 4.78 is 0. The summed E-state index contributed by atoms with van der Waals surface area (Å²) in [7, 11) is 0. The fourth-order valence-electron chi connectivity index (χ4n) is 7.14. The van der Waals surface area contributed by atoms with Gasteiger partial charge in [-0.1, -0.05) is 25.4 Å². The molecule has 4 aliphatic carbocycles. The van der Waals surface area contributed by atoms with Crippen LogP contribution in [0.15, 0.2) is 5.16 Å². The normalized spacial score (nSPS) is 54.9. The Morgan fingerprint density at radius 3 is 2.67 bits per heavy atom. The van der Waals surface area contributed by atoms with Crippen molar-refractivity contribution >= 4 is 5.71 Å². The third-order valence-corrected chi connectivity index (χ3v) is 8.42. The highest BCUT2D eigenvalue weighted by Gasteiger charge is 2.57. The van der Waals surface area contributed by atoms with E-state index in [1.165, 1.54) is 51.4 Å². The minimum Gasteiger partial charge on any atom is -0.411 e. The van der Waals surface area contributed by atoms with Gasteiger partial charge in [-0.25, -0.2) is 0 Å². The van der Waals surface area contributed by atoms with Crippen LogP contribution >= 0.6 is 0 Å². The summed E-state index contributed by atoms with van der Waals surface area (Å²) in [5.41, 5.74) is 2.27. The van der Waals surface area contributed by atoms with Crippen molar-refractivity contribution in [3.8, 4) is 0 Å². The van der Waals surface area contributed by atoms with E-state index in [0.717, 1.165) is 42.2 Å². The molecule has 0 aliphatic heterocycles. The molecule has 118 valence electrons.